The molecule has 0 radical (unpaired) electrons. The fourth-order valence-corrected chi connectivity index (χ4v) is 2.40. The minimum absolute atomic E-state index is 0.283. The molecule has 120 valence electrons. The first kappa shape index (κ1) is 15.7. The van der Waals surface area contributed by atoms with Gasteiger partial charge in [0, 0.05) is 17.3 Å². The topological polar surface area (TPSA) is 71.1 Å². The van der Waals surface area contributed by atoms with Gasteiger partial charge >= 0.3 is 0 Å². The third-order valence-corrected chi connectivity index (χ3v) is 3.67. The monoisotopic (exact) mass is 319 g/mol. The number of nitrogens with one attached hydrogen (secondary N) is 2. The number of carbonyl (C=O) groups excluding carboxylic acids is 2. The van der Waals surface area contributed by atoms with E-state index in [-0.39, 0.29) is 11.8 Å². The molecule has 5 heteroatoms. The smallest absolute Gasteiger partial charge is 0.271 e. The van der Waals surface area contributed by atoms with Crippen molar-refractivity contribution in [1.82, 2.24) is 10.3 Å². The largest absolute Gasteiger partial charge is 0.339 e. The van der Waals surface area contributed by atoms with Gasteiger partial charge in [-0.3, -0.25) is 14.6 Å². The summed E-state index contributed by atoms with van der Waals surface area (Å²) in [7, 11) is 0. The summed E-state index contributed by atoms with van der Waals surface area (Å²) in [5, 5.41) is 7.14. The fraction of sp³-hybridized carbons (Fsp3) is 0.105. The molecule has 0 aliphatic carbocycles. The van der Waals surface area contributed by atoms with Crippen LogP contribution in [-0.2, 0) is 4.79 Å². The average Bonchev–Trinajstić information content (AvgIpc) is 2.62. The van der Waals surface area contributed by atoms with E-state index in [0.717, 1.165) is 10.8 Å². The summed E-state index contributed by atoms with van der Waals surface area (Å²) in [6, 6.07) is 17.8. The lowest BCUT2D eigenvalue weighted by Gasteiger charge is -2.14. The second-order valence-corrected chi connectivity index (χ2v) is 5.43. The van der Waals surface area contributed by atoms with E-state index in [1.165, 1.54) is 0 Å². The van der Waals surface area contributed by atoms with E-state index in [0.29, 0.717) is 11.4 Å². The first-order valence-corrected chi connectivity index (χ1v) is 7.65. The Labute approximate surface area is 139 Å². The fourth-order valence-electron chi connectivity index (χ4n) is 2.40. The molecule has 0 aliphatic heterocycles. The standard InChI is InChI=1S/C19H17N3O2/c1-13(18(23)22-15-8-3-2-4-9-15)21-19(24)17-16-10-6-5-7-14(16)11-12-20-17/h2-13H,1H3,(H,21,24)(H,22,23)/t13-/m0/s1. The van der Waals surface area contributed by atoms with Gasteiger partial charge < -0.3 is 10.6 Å². The Morgan fingerprint density at radius 3 is 2.46 bits per heavy atom. The number of nitrogens with zero attached hydrogens (tertiary/aromatic N) is 1. The zero-order valence-electron chi connectivity index (χ0n) is 13.2. The molecule has 2 amide bonds. The number of aromatic nitrogens is 1. The lowest BCUT2D eigenvalue weighted by atomic mass is 10.1. The van der Waals surface area contributed by atoms with E-state index in [4.69, 9.17) is 0 Å². The Morgan fingerprint density at radius 2 is 1.67 bits per heavy atom. The lowest BCUT2D eigenvalue weighted by Crippen LogP contribution is -2.41. The van der Waals surface area contributed by atoms with E-state index in [2.05, 4.69) is 15.6 Å². The van der Waals surface area contributed by atoms with Crippen molar-refractivity contribution in [2.75, 3.05) is 5.32 Å². The highest BCUT2D eigenvalue weighted by Gasteiger charge is 2.19. The zero-order chi connectivity index (χ0) is 16.9. The number of anilines is 1. The van der Waals surface area contributed by atoms with Crippen molar-refractivity contribution in [2.24, 2.45) is 0 Å². The summed E-state index contributed by atoms with van der Waals surface area (Å²) in [6.07, 6.45) is 1.59. The molecule has 0 spiro atoms. The molecule has 0 fully saturated rings. The van der Waals surface area contributed by atoms with Crippen LogP contribution in [0.2, 0.25) is 0 Å². The molecule has 1 heterocycles. The van der Waals surface area contributed by atoms with Crippen LogP contribution in [0.25, 0.3) is 10.8 Å². The maximum Gasteiger partial charge on any atom is 0.271 e. The van der Waals surface area contributed by atoms with Crippen LogP contribution in [0.4, 0.5) is 5.69 Å². The Hall–Kier alpha value is -3.21. The minimum atomic E-state index is -0.682. The predicted octanol–water partition coefficient (Wildman–Crippen LogP) is 2.99. The second kappa shape index (κ2) is 6.91. The molecule has 24 heavy (non-hydrogen) atoms. The number of amides is 2. The Morgan fingerprint density at radius 1 is 0.958 bits per heavy atom. The van der Waals surface area contributed by atoms with Crippen LogP contribution < -0.4 is 10.6 Å². The normalized spacial score (nSPS) is 11.7. The van der Waals surface area contributed by atoms with Crippen molar-refractivity contribution in [1.29, 1.82) is 0 Å². The molecule has 2 aromatic carbocycles. The van der Waals surface area contributed by atoms with E-state index >= 15 is 0 Å². The van der Waals surface area contributed by atoms with E-state index in [1.807, 2.05) is 48.5 Å². The van der Waals surface area contributed by atoms with Crippen molar-refractivity contribution in [3.63, 3.8) is 0 Å². The van der Waals surface area contributed by atoms with Gasteiger partial charge in [-0.2, -0.15) is 0 Å². The van der Waals surface area contributed by atoms with Crippen molar-refractivity contribution in [2.45, 2.75) is 13.0 Å². The molecule has 0 bridgehead atoms. The van der Waals surface area contributed by atoms with E-state index in [9.17, 15) is 9.59 Å². The summed E-state index contributed by atoms with van der Waals surface area (Å²) in [5.41, 5.74) is 0.999. The summed E-state index contributed by atoms with van der Waals surface area (Å²) in [5.74, 6) is -0.655. The van der Waals surface area contributed by atoms with Gasteiger partial charge in [-0.05, 0) is 30.5 Å². The van der Waals surface area contributed by atoms with Crippen LogP contribution in [0.3, 0.4) is 0 Å². The molecule has 0 saturated carbocycles. The lowest BCUT2D eigenvalue weighted by molar-refractivity contribution is -0.117. The number of para-hydroxylation sites is 1. The van der Waals surface area contributed by atoms with Crippen molar-refractivity contribution >= 4 is 28.3 Å². The maximum atomic E-state index is 12.5. The summed E-state index contributed by atoms with van der Waals surface area (Å²) >= 11 is 0. The molecule has 0 unspecified atom stereocenters. The van der Waals surface area contributed by atoms with Gasteiger partial charge in [0.2, 0.25) is 5.91 Å². The Balaban J connectivity index is 1.72. The Bertz CT molecular complexity index is 873. The van der Waals surface area contributed by atoms with Crippen LogP contribution in [0.1, 0.15) is 17.4 Å². The average molecular weight is 319 g/mol. The highest BCUT2D eigenvalue weighted by Crippen LogP contribution is 2.16. The second-order valence-electron chi connectivity index (χ2n) is 5.43. The number of rotatable bonds is 4. The number of benzene rings is 2. The third-order valence-electron chi connectivity index (χ3n) is 3.67. The number of hydrogen-bond acceptors (Lipinski definition) is 3. The van der Waals surface area contributed by atoms with Crippen molar-refractivity contribution < 1.29 is 9.59 Å². The molecule has 1 aromatic heterocycles. The molecular weight excluding hydrogens is 302 g/mol. The highest BCUT2D eigenvalue weighted by molar-refractivity contribution is 6.07. The Kier molecular flexibility index (Phi) is 4.52. The summed E-state index contributed by atoms with van der Waals surface area (Å²) in [6.45, 7) is 1.64. The van der Waals surface area contributed by atoms with Crippen LogP contribution in [0.15, 0.2) is 66.9 Å². The van der Waals surface area contributed by atoms with Crippen molar-refractivity contribution in [3.05, 3.63) is 72.6 Å². The van der Waals surface area contributed by atoms with Gasteiger partial charge in [0.15, 0.2) is 0 Å². The molecule has 3 rings (SSSR count). The highest BCUT2D eigenvalue weighted by atomic mass is 16.2. The van der Waals surface area contributed by atoms with Gasteiger partial charge in [-0.1, -0.05) is 42.5 Å². The SMILES string of the molecule is C[C@H](NC(=O)c1nccc2ccccc12)C(=O)Nc1ccccc1. The zero-order valence-corrected chi connectivity index (χ0v) is 13.2. The van der Waals surface area contributed by atoms with Gasteiger partial charge in [0.25, 0.3) is 5.91 Å². The van der Waals surface area contributed by atoms with E-state index in [1.54, 1.807) is 25.3 Å². The van der Waals surface area contributed by atoms with E-state index < -0.39 is 6.04 Å². The molecule has 0 saturated heterocycles. The van der Waals surface area contributed by atoms with Gasteiger partial charge in [0.05, 0.1) is 0 Å². The summed E-state index contributed by atoms with van der Waals surface area (Å²) < 4.78 is 0. The summed E-state index contributed by atoms with van der Waals surface area (Å²) in [4.78, 5) is 28.8. The first-order chi connectivity index (χ1) is 11.6. The van der Waals surface area contributed by atoms with Gasteiger partial charge in [-0.15, -0.1) is 0 Å². The van der Waals surface area contributed by atoms with Crippen LogP contribution >= 0.6 is 0 Å². The number of hydrogen-bond donors (Lipinski definition) is 2. The number of pyridine rings is 1. The van der Waals surface area contributed by atoms with Crippen LogP contribution in [-0.4, -0.2) is 22.8 Å². The van der Waals surface area contributed by atoms with Crippen molar-refractivity contribution in [3.8, 4) is 0 Å². The quantitative estimate of drug-likeness (QED) is 0.776. The predicted molar refractivity (Wildman–Crippen MR) is 93.7 cm³/mol. The number of carbonyl (C=O) groups is 2. The van der Waals surface area contributed by atoms with Gasteiger partial charge in [0.1, 0.15) is 11.7 Å². The molecule has 2 N–H and O–H groups in total. The van der Waals surface area contributed by atoms with Crippen LogP contribution in [0, 0.1) is 0 Å². The van der Waals surface area contributed by atoms with Gasteiger partial charge in [-0.25, -0.2) is 0 Å². The van der Waals surface area contributed by atoms with Crippen LogP contribution in [0.5, 0.6) is 0 Å². The molecule has 5 nitrogen and oxygen atoms in total. The molecule has 1 atom stereocenters. The first-order valence-electron chi connectivity index (χ1n) is 7.65. The third kappa shape index (κ3) is 3.41. The number of fused-ring (bicyclic) bond motifs is 1. The molecule has 0 aliphatic rings. The molecule has 3 aromatic rings. The molecular formula is C19H17N3O2. The minimum Gasteiger partial charge on any atom is -0.339 e. The maximum absolute atomic E-state index is 12.5.